The van der Waals surface area contributed by atoms with Crippen molar-refractivity contribution in [1.82, 2.24) is 4.72 Å². The minimum Gasteiger partial charge on any atom is -0.478 e. The van der Waals surface area contributed by atoms with Gasteiger partial charge < -0.3 is 5.11 Å². The number of carbonyl (C=O) groups is 1. The van der Waals surface area contributed by atoms with Gasteiger partial charge >= 0.3 is 5.97 Å². The van der Waals surface area contributed by atoms with Crippen LogP contribution in [0.3, 0.4) is 0 Å². The van der Waals surface area contributed by atoms with E-state index < -0.39 is 16.0 Å². The van der Waals surface area contributed by atoms with E-state index >= 15 is 0 Å². The standard InChI is InChI=1S/C13H15NO4S/c15-13(16)11-5-3-4-10(8-11)9-19(17,18)14-12-6-1-2-7-12/h1-5,8,12,14H,6-7,9H2,(H,15,16). The van der Waals surface area contributed by atoms with Crippen molar-refractivity contribution >= 4 is 16.0 Å². The summed E-state index contributed by atoms with van der Waals surface area (Å²) in [6.07, 6.45) is 5.29. The summed E-state index contributed by atoms with van der Waals surface area (Å²) in [5.74, 6) is -1.27. The lowest BCUT2D eigenvalue weighted by Gasteiger charge is -2.12. The summed E-state index contributed by atoms with van der Waals surface area (Å²) >= 11 is 0. The van der Waals surface area contributed by atoms with Gasteiger partial charge in [-0.2, -0.15) is 0 Å². The summed E-state index contributed by atoms with van der Waals surface area (Å²) in [4.78, 5) is 10.8. The Kier molecular flexibility index (Phi) is 4.01. The molecule has 1 aliphatic carbocycles. The SMILES string of the molecule is O=C(O)c1cccc(CS(=O)(=O)NC2CC=CC2)c1. The van der Waals surface area contributed by atoms with Crippen molar-refractivity contribution in [3.05, 3.63) is 47.5 Å². The largest absolute Gasteiger partial charge is 0.478 e. The lowest BCUT2D eigenvalue weighted by atomic mass is 10.1. The topological polar surface area (TPSA) is 83.5 Å². The monoisotopic (exact) mass is 281 g/mol. The predicted octanol–water partition coefficient (Wildman–Crippen LogP) is 1.52. The Bertz CT molecular complexity index is 599. The van der Waals surface area contributed by atoms with E-state index in [1.165, 1.54) is 12.1 Å². The molecule has 1 aliphatic rings. The zero-order valence-electron chi connectivity index (χ0n) is 10.2. The first-order chi connectivity index (χ1) is 8.96. The molecule has 2 rings (SSSR count). The maximum Gasteiger partial charge on any atom is 0.335 e. The highest BCUT2D eigenvalue weighted by atomic mass is 32.2. The highest BCUT2D eigenvalue weighted by molar-refractivity contribution is 7.88. The maximum absolute atomic E-state index is 12.0. The first-order valence-corrected chi connectivity index (χ1v) is 7.59. The fourth-order valence-electron chi connectivity index (χ4n) is 2.02. The van der Waals surface area contributed by atoms with Gasteiger partial charge in [-0.1, -0.05) is 24.3 Å². The summed E-state index contributed by atoms with van der Waals surface area (Å²) in [5.41, 5.74) is 0.564. The molecule has 5 nitrogen and oxygen atoms in total. The molecule has 2 N–H and O–H groups in total. The van der Waals surface area contributed by atoms with Crippen LogP contribution in [0.15, 0.2) is 36.4 Å². The highest BCUT2D eigenvalue weighted by Crippen LogP contribution is 2.13. The number of rotatable bonds is 5. The van der Waals surface area contributed by atoms with Gasteiger partial charge in [0.05, 0.1) is 11.3 Å². The zero-order valence-corrected chi connectivity index (χ0v) is 11.1. The molecule has 0 heterocycles. The van der Waals surface area contributed by atoms with Crippen LogP contribution in [0.2, 0.25) is 0 Å². The van der Waals surface area contributed by atoms with Crippen LogP contribution in [-0.2, 0) is 15.8 Å². The number of carboxylic acids is 1. The number of sulfonamides is 1. The Balaban J connectivity index is 2.06. The van der Waals surface area contributed by atoms with Crippen molar-refractivity contribution in [2.24, 2.45) is 0 Å². The molecule has 6 heteroatoms. The molecule has 19 heavy (non-hydrogen) atoms. The quantitative estimate of drug-likeness (QED) is 0.802. The fourth-order valence-corrected chi connectivity index (χ4v) is 3.42. The number of aromatic carboxylic acids is 1. The Morgan fingerprint density at radius 2 is 2.00 bits per heavy atom. The van der Waals surface area contributed by atoms with E-state index in [0.29, 0.717) is 18.4 Å². The van der Waals surface area contributed by atoms with E-state index in [4.69, 9.17) is 5.11 Å². The molecule has 0 aliphatic heterocycles. The Labute approximate surface area is 112 Å². The molecule has 0 bridgehead atoms. The van der Waals surface area contributed by atoms with E-state index in [0.717, 1.165) is 0 Å². The summed E-state index contributed by atoms with van der Waals surface area (Å²) in [6, 6.07) is 5.90. The summed E-state index contributed by atoms with van der Waals surface area (Å²) in [6.45, 7) is 0. The summed E-state index contributed by atoms with van der Waals surface area (Å²) in [5, 5.41) is 8.86. The van der Waals surface area contributed by atoms with Crippen molar-refractivity contribution < 1.29 is 18.3 Å². The van der Waals surface area contributed by atoms with Crippen molar-refractivity contribution in [3.63, 3.8) is 0 Å². The third-order valence-electron chi connectivity index (χ3n) is 2.88. The van der Waals surface area contributed by atoms with E-state index in [2.05, 4.69) is 4.72 Å². The molecular formula is C13H15NO4S. The van der Waals surface area contributed by atoms with Gasteiger partial charge in [0, 0.05) is 6.04 Å². The van der Waals surface area contributed by atoms with Crippen LogP contribution < -0.4 is 4.72 Å². The molecule has 0 unspecified atom stereocenters. The van der Waals surface area contributed by atoms with E-state index in [1.54, 1.807) is 12.1 Å². The van der Waals surface area contributed by atoms with Gasteiger partial charge in [-0.3, -0.25) is 0 Å². The van der Waals surface area contributed by atoms with Crippen molar-refractivity contribution in [3.8, 4) is 0 Å². The third kappa shape index (κ3) is 3.90. The molecule has 0 spiro atoms. The average Bonchev–Trinajstić information content (AvgIpc) is 2.80. The second-order valence-electron chi connectivity index (χ2n) is 4.52. The van der Waals surface area contributed by atoms with Crippen LogP contribution in [0.1, 0.15) is 28.8 Å². The summed E-state index contributed by atoms with van der Waals surface area (Å²) < 4.78 is 26.5. The normalized spacial score (nSPS) is 15.8. The van der Waals surface area contributed by atoms with Crippen LogP contribution in [0.5, 0.6) is 0 Å². The van der Waals surface area contributed by atoms with Crippen LogP contribution in [0, 0.1) is 0 Å². The number of hydrogen-bond donors (Lipinski definition) is 2. The number of hydrogen-bond acceptors (Lipinski definition) is 3. The van der Waals surface area contributed by atoms with Gasteiger partial charge in [0.25, 0.3) is 0 Å². The first kappa shape index (κ1) is 13.8. The molecule has 0 radical (unpaired) electrons. The van der Waals surface area contributed by atoms with Gasteiger partial charge in [0.15, 0.2) is 0 Å². The smallest absolute Gasteiger partial charge is 0.335 e. The van der Waals surface area contributed by atoms with Gasteiger partial charge in [-0.25, -0.2) is 17.9 Å². The molecule has 0 amide bonds. The van der Waals surface area contributed by atoms with Crippen LogP contribution in [0.25, 0.3) is 0 Å². The minimum absolute atomic E-state index is 0.0762. The Hall–Kier alpha value is -1.66. The summed E-state index contributed by atoms with van der Waals surface area (Å²) in [7, 11) is -3.44. The molecule has 0 aromatic heterocycles. The molecule has 102 valence electrons. The second-order valence-corrected chi connectivity index (χ2v) is 6.28. The lowest BCUT2D eigenvalue weighted by Crippen LogP contribution is -2.33. The molecule has 1 aromatic carbocycles. The molecule has 0 atom stereocenters. The van der Waals surface area contributed by atoms with Crippen LogP contribution in [0.4, 0.5) is 0 Å². The Morgan fingerprint density at radius 3 is 2.63 bits per heavy atom. The molecule has 1 aromatic rings. The van der Waals surface area contributed by atoms with Crippen molar-refractivity contribution in [1.29, 1.82) is 0 Å². The van der Waals surface area contributed by atoms with Crippen LogP contribution in [-0.4, -0.2) is 25.5 Å². The lowest BCUT2D eigenvalue weighted by molar-refractivity contribution is 0.0696. The van der Waals surface area contributed by atoms with Gasteiger partial charge in [-0.15, -0.1) is 0 Å². The Morgan fingerprint density at radius 1 is 1.32 bits per heavy atom. The molecule has 0 fully saturated rings. The average molecular weight is 281 g/mol. The number of benzene rings is 1. The molecular weight excluding hydrogens is 266 g/mol. The van der Waals surface area contributed by atoms with Crippen LogP contribution >= 0.6 is 0 Å². The van der Waals surface area contributed by atoms with Crippen molar-refractivity contribution in [2.75, 3.05) is 0 Å². The first-order valence-electron chi connectivity index (χ1n) is 5.93. The van der Waals surface area contributed by atoms with Gasteiger partial charge in [-0.05, 0) is 30.5 Å². The van der Waals surface area contributed by atoms with Crippen molar-refractivity contribution in [2.45, 2.75) is 24.6 Å². The molecule has 0 saturated carbocycles. The zero-order chi connectivity index (χ0) is 13.9. The van der Waals surface area contributed by atoms with E-state index in [9.17, 15) is 13.2 Å². The fraction of sp³-hybridized carbons (Fsp3) is 0.308. The highest BCUT2D eigenvalue weighted by Gasteiger charge is 2.19. The maximum atomic E-state index is 12.0. The number of carboxylic acid groups (broad SMARTS) is 1. The number of nitrogens with one attached hydrogen (secondary N) is 1. The predicted molar refractivity (Wildman–Crippen MR) is 71.3 cm³/mol. The van der Waals surface area contributed by atoms with Gasteiger partial charge in [0.2, 0.25) is 10.0 Å². The molecule has 0 saturated heterocycles. The van der Waals surface area contributed by atoms with E-state index in [-0.39, 0.29) is 17.4 Å². The second kappa shape index (κ2) is 5.54. The van der Waals surface area contributed by atoms with E-state index in [1.807, 2.05) is 12.2 Å². The minimum atomic E-state index is -3.44. The third-order valence-corrected chi connectivity index (χ3v) is 4.29. The van der Waals surface area contributed by atoms with Gasteiger partial charge in [0.1, 0.15) is 0 Å².